The maximum atomic E-state index is 12.0. The van der Waals surface area contributed by atoms with E-state index in [1.165, 1.54) is 0 Å². The van der Waals surface area contributed by atoms with Crippen molar-refractivity contribution in [2.24, 2.45) is 0 Å². The highest BCUT2D eigenvalue weighted by molar-refractivity contribution is 5.78. The number of rotatable bonds is 5. The standard InChI is InChI=1S/C13H20N2O2/c1-5-17-13(16)12(9-15(3)4)11-8-14-7-6-10(11)2/h6-8,12H,5,9H2,1-4H3. The molecule has 0 spiro atoms. The van der Waals surface area contributed by atoms with E-state index in [0.717, 1.165) is 11.1 Å². The Hall–Kier alpha value is -1.42. The van der Waals surface area contributed by atoms with Gasteiger partial charge in [0.05, 0.1) is 12.5 Å². The summed E-state index contributed by atoms with van der Waals surface area (Å²) >= 11 is 0. The number of likely N-dealkylation sites (N-methyl/N-ethyl adjacent to an activating group) is 1. The largest absolute Gasteiger partial charge is 0.465 e. The number of carbonyl (C=O) groups is 1. The first-order valence-electron chi connectivity index (χ1n) is 5.78. The van der Waals surface area contributed by atoms with Crippen molar-refractivity contribution < 1.29 is 9.53 Å². The highest BCUT2D eigenvalue weighted by atomic mass is 16.5. The molecule has 0 saturated carbocycles. The van der Waals surface area contributed by atoms with Crippen molar-refractivity contribution in [2.75, 3.05) is 27.2 Å². The predicted octanol–water partition coefficient (Wildman–Crippen LogP) is 1.60. The smallest absolute Gasteiger partial charge is 0.314 e. The van der Waals surface area contributed by atoms with Crippen LogP contribution in [0.3, 0.4) is 0 Å². The van der Waals surface area contributed by atoms with Gasteiger partial charge in [-0.1, -0.05) is 0 Å². The minimum Gasteiger partial charge on any atom is -0.465 e. The molecule has 0 aliphatic carbocycles. The lowest BCUT2D eigenvalue weighted by molar-refractivity contribution is -0.145. The number of aryl methyl sites for hydroxylation is 1. The lowest BCUT2D eigenvalue weighted by atomic mass is 9.96. The van der Waals surface area contributed by atoms with Gasteiger partial charge in [0, 0.05) is 18.9 Å². The lowest BCUT2D eigenvalue weighted by Crippen LogP contribution is -2.28. The molecule has 94 valence electrons. The Morgan fingerprint density at radius 1 is 1.53 bits per heavy atom. The van der Waals surface area contributed by atoms with Crippen LogP contribution in [0.2, 0.25) is 0 Å². The van der Waals surface area contributed by atoms with Crippen molar-refractivity contribution in [3.05, 3.63) is 29.6 Å². The summed E-state index contributed by atoms with van der Waals surface area (Å²) in [5.74, 6) is -0.448. The molecule has 0 bridgehead atoms. The Kier molecular flexibility index (Phi) is 5.10. The molecule has 0 aromatic carbocycles. The van der Waals surface area contributed by atoms with Crippen LogP contribution in [0, 0.1) is 6.92 Å². The highest BCUT2D eigenvalue weighted by Gasteiger charge is 2.24. The van der Waals surface area contributed by atoms with E-state index in [0.29, 0.717) is 13.2 Å². The van der Waals surface area contributed by atoms with Crippen LogP contribution >= 0.6 is 0 Å². The van der Waals surface area contributed by atoms with Crippen LogP contribution in [0.25, 0.3) is 0 Å². The van der Waals surface area contributed by atoms with E-state index in [4.69, 9.17) is 4.74 Å². The topological polar surface area (TPSA) is 42.4 Å². The van der Waals surface area contributed by atoms with E-state index in [1.54, 1.807) is 12.4 Å². The van der Waals surface area contributed by atoms with Crippen molar-refractivity contribution in [2.45, 2.75) is 19.8 Å². The van der Waals surface area contributed by atoms with Gasteiger partial charge in [0.1, 0.15) is 0 Å². The van der Waals surface area contributed by atoms with Gasteiger partial charge < -0.3 is 9.64 Å². The SMILES string of the molecule is CCOC(=O)C(CN(C)C)c1cnccc1C. The molecule has 0 aliphatic rings. The lowest BCUT2D eigenvalue weighted by Gasteiger charge is -2.21. The number of esters is 1. The molecule has 0 saturated heterocycles. The fraction of sp³-hybridized carbons (Fsp3) is 0.538. The number of pyridine rings is 1. The second kappa shape index (κ2) is 6.35. The Labute approximate surface area is 103 Å². The third-order valence-corrected chi connectivity index (χ3v) is 2.57. The van der Waals surface area contributed by atoms with Gasteiger partial charge in [-0.15, -0.1) is 0 Å². The maximum Gasteiger partial charge on any atom is 0.314 e. The van der Waals surface area contributed by atoms with Gasteiger partial charge in [-0.2, -0.15) is 0 Å². The van der Waals surface area contributed by atoms with Gasteiger partial charge in [-0.05, 0) is 45.1 Å². The molecule has 1 rings (SSSR count). The number of carbonyl (C=O) groups excluding carboxylic acids is 1. The molecule has 1 aromatic heterocycles. The minimum absolute atomic E-state index is 0.183. The summed E-state index contributed by atoms with van der Waals surface area (Å²) in [4.78, 5) is 18.0. The summed E-state index contributed by atoms with van der Waals surface area (Å²) in [6.07, 6.45) is 3.48. The second-order valence-electron chi connectivity index (χ2n) is 4.30. The molecule has 17 heavy (non-hydrogen) atoms. The highest BCUT2D eigenvalue weighted by Crippen LogP contribution is 2.21. The van der Waals surface area contributed by atoms with E-state index in [2.05, 4.69) is 4.98 Å². The van der Waals surface area contributed by atoms with Gasteiger partial charge in [-0.25, -0.2) is 0 Å². The number of nitrogens with zero attached hydrogens (tertiary/aromatic N) is 2. The first kappa shape index (κ1) is 13.6. The third-order valence-electron chi connectivity index (χ3n) is 2.57. The van der Waals surface area contributed by atoms with E-state index in [-0.39, 0.29) is 11.9 Å². The van der Waals surface area contributed by atoms with Crippen LogP contribution < -0.4 is 0 Å². The van der Waals surface area contributed by atoms with Gasteiger partial charge in [-0.3, -0.25) is 9.78 Å². The number of hydrogen-bond donors (Lipinski definition) is 0. The van der Waals surface area contributed by atoms with Crippen LogP contribution in [0.5, 0.6) is 0 Å². The van der Waals surface area contributed by atoms with Gasteiger partial charge in [0.2, 0.25) is 0 Å². The van der Waals surface area contributed by atoms with Crippen LogP contribution in [0.4, 0.5) is 0 Å². The molecule has 0 N–H and O–H groups in total. The fourth-order valence-corrected chi connectivity index (χ4v) is 1.75. The summed E-state index contributed by atoms with van der Waals surface area (Å²) in [5.41, 5.74) is 2.01. The molecule has 0 aliphatic heterocycles. The summed E-state index contributed by atoms with van der Waals surface area (Å²) in [6, 6.07) is 1.91. The molecule has 1 aromatic rings. The van der Waals surface area contributed by atoms with Crippen molar-refractivity contribution in [3.63, 3.8) is 0 Å². The number of ether oxygens (including phenoxy) is 1. The Morgan fingerprint density at radius 2 is 2.24 bits per heavy atom. The summed E-state index contributed by atoms with van der Waals surface area (Å²) in [6.45, 7) is 4.84. The van der Waals surface area contributed by atoms with Crippen LogP contribution in [0.1, 0.15) is 24.0 Å². The fourth-order valence-electron chi connectivity index (χ4n) is 1.75. The average molecular weight is 236 g/mol. The van der Waals surface area contributed by atoms with Crippen LogP contribution in [0.15, 0.2) is 18.5 Å². The van der Waals surface area contributed by atoms with Crippen LogP contribution in [-0.4, -0.2) is 43.1 Å². The quantitative estimate of drug-likeness (QED) is 0.728. The number of aromatic nitrogens is 1. The molecule has 1 unspecified atom stereocenters. The minimum atomic E-state index is -0.265. The summed E-state index contributed by atoms with van der Waals surface area (Å²) < 4.78 is 5.12. The van der Waals surface area contributed by atoms with Crippen LogP contribution in [-0.2, 0) is 9.53 Å². The zero-order chi connectivity index (χ0) is 12.8. The second-order valence-corrected chi connectivity index (χ2v) is 4.30. The third kappa shape index (κ3) is 3.82. The van der Waals surface area contributed by atoms with Gasteiger partial charge in [0.15, 0.2) is 0 Å². The van der Waals surface area contributed by atoms with E-state index in [1.807, 2.05) is 38.9 Å². The average Bonchev–Trinajstić information content (AvgIpc) is 2.27. The van der Waals surface area contributed by atoms with Crippen molar-refractivity contribution in [1.29, 1.82) is 0 Å². The van der Waals surface area contributed by atoms with E-state index >= 15 is 0 Å². The Balaban J connectivity index is 2.97. The molecule has 1 heterocycles. The normalized spacial score (nSPS) is 12.5. The summed E-state index contributed by atoms with van der Waals surface area (Å²) in [7, 11) is 3.88. The Morgan fingerprint density at radius 3 is 2.76 bits per heavy atom. The Bertz CT molecular complexity index is 377. The van der Waals surface area contributed by atoms with Crippen molar-refractivity contribution in [3.8, 4) is 0 Å². The molecular formula is C13H20N2O2. The molecule has 0 amide bonds. The molecule has 0 radical (unpaired) electrons. The van der Waals surface area contributed by atoms with Gasteiger partial charge >= 0.3 is 5.97 Å². The molecule has 1 atom stereocenters. The van der Waals surface area contributed by atoms with E-state index in [9.17, 15) is 4.79 Å². The molecule has 0 fully saturated rings. The summed E-state index contributed by atoms with van der Waals surface area (Å²) in [5, 5.41) is 0. The van der Waals surface area contributed by atoms with Crippen molar-refractivity contribution >= 4 is 5.97 Å². The first-order chi connectivity index (χ1) is 8.06. The zero-order valence-electron chi connectivity index (χ0n) is 10.9. The monoisotopic (exact) mass is 236 g/mol. The predicted molar refractivity (Wildman–Crippen MR) is 66.9 cm³/mol. The van der Waals surface area contributed by atoms with Crippen molar-refractivity contribution in [1.82, 2.24) is 9.88 Å². The molecule has 4 nitrogen and oxygen atoms in total. The van der Waals surface area contributed by atoms with E-state index < -0.39 is 0 Å². The zero-order valence-corrected chi connectivity index (χ0v) is 10.9. The maximum absolute atomic E-state index is 12.0. The molecule has 4 heteroatoms. The first-order valence-corrected chi connectivity index (χ1v) is 5.78. The number of hydrogen-bond acceptors (Lipinski definition) is 4. The van der Waals surface area contributed by atoms with Gasteiger partial charge in [0.25, 0.3) is 0 Å². The molecular weight excluding hydrogens is 216 g/mol.